The number of nitrogens with zero attached hydrogens (tertiary/aromatic N) is 3. The molecular weight excluding hydrogens is 364 g/mol. The normalized spacial score (nSPS) is 11.7. The summed E-state index contributed by atoms with van der Waals surface area (Å²) in [5.41, 5.74) is 1.41. The molecule has 1 amide bonds. The summed E-state index contributed by atoms with van der Waals surface area (Å²) in [6.45, 7) is 4.91. The van der Waals surface area contributed by atoms with Gasteiger partial charge in [0.15, 0.2) is 6.10 Å². The largest absolute Gasteiger partial charge is 0.449 e. The number of carbonyl (C=O) groups excluding carboxylic acids is 2. The van der Waals surface area contributed by atoms with Gasteiger partial charge in [-0.3, -0.25) is 19.6 Å². The molecule has 138 valence electrons. The highest BCUT2D eigenvalue weighted by Gasteiger charge is 2.24. The summed E-state index contributed by atoms with van der Waals surface area (Å²) in [5, 5.41) is 17.7. The Morgan fingerprint density at radius 2 is 2.04 bits per heavy atom. The van der Waals surface area contributed by atoms with Crippen molar-refractivity contribution in [3.8, 4) is 0 Å². The number of esters is 1. The van der Waals surface area contributed by atoms with Crippen LogP contribution in [0.25, 0.3) is 0 Å². The van der Waals surface area contributed by atoms with Gasteiger partial charge in [0.25, 0.3) is 11.6 Å². The van der Waals surface area contributed by atoms with Gasteiger partial charge in [-0.05, 0) is 26.8 Å². The second kappa shape index (κ2) is 7.52. The molecule has 0 saturated heterocycles. The Labute approximate surface area is 154 Å². The molecule has 0 spiro atoms. The molecule has 0 saturated carbocycles. The second-order valence-corrected chi connectivity index (χ2v) is 6.03. The lowest BCUT2D eigenvalue weighted by molar-refractivity contribution is -0.384. The number of hydrogen-bond acceptors (Lipinski definition) is 6. The molecule has 0 aliphatic carbocycles. The third kappa shape index (κ3) is 3.99. The summed E-state index contributed by atoms with van der Waals surface area (Å²) in [6.07, 6.45) is -1.14. The van der Waals surface area contributed by atoms with Crippen molar-refractivity contribution in [2.75, 3.05) is 5.32 Å². The predicted molar refractivity (Wildman–Crippen MR) is 94.3 cm³/mol. The number of benzene rings is 1. The predicted octanol–water partition coefficient (Wildman–Crippen LogP) is 2.78. The number of rotatable bonds is 5. The molecule has 26 heavy (non-hydrogen) atoms. The van der Waals surface area contributed by atoms with Crippen molar-refractivity contribution in [3.63, 3.8) is 0 Å². The first-order valence-corrected chi connectivity index (χ1v) is 7.95. The number of aryl methyl sites for hydroxylation is 2. The van der Waals surface area contributed by atoms with E-state index in [1.165, 1.54) is 19.1 Å². The lowest BCUT2D eigenvalue weighted by Gasteiger charge is -2.14. The summed E-state index contributed by atoms with van der Waals surface area (Å²) in [4.78, 5) is 34.7. The minimum absolute atomic E-state index is 0.00726. The van der Waals surface area contributed by atoms with Gasteiger partial charge in [-0.1, -0.05) is 11.6 Å². The van der Waals surface area contributed by atoms with Crippen molar-refractivity contribution in [2.45, 2.75) is 26.9 Å². The van der Waals surface area contributed by atoms with Crippen molar-refractivity contribution in [2.24, 2.45) is 7.05 Å². The number of non-ortho nitro benzene ring substituents is 1. The summed E-state index contributed by atoms with van der Waals surface area (Å²) in [5.74, 6) is -1.49. The zero-order valence-corrected chi connectivity index (χ0v) is 15.3. The van der Waals surface area contributed by atoms with Crippen LogP contribution in [0, 0.1) is 24.0 Å². The minimum Gasteiger partial charge on any atom is -0.449 e. The second-order valence-electron chi connectivity index (χ2n) is 5.63. The van der Waals surface area contributed by atoms with Crippen LogP contribution in [0.1, 0.15) is 28.7 Å². The number of amides is 1. The van der Waals surface area contributed by atoms with Gasteiger partial charge in [0, 0.05) is 19.2 Å². The number of nitrogens with one attached hydrogen (secondary N) is 1. The van der Waals surface area contributed by atoms with Crippen molar-refractivity contribution < 1.29 is 19.2 Å². The van der Waals surface area contributed by atoms with E-state index in [-0.39, 0.29) is 16.3 Å². The maximum atomic E-state index is 12.3. The molecule has 0 unspecified atom stereocenters. The van der Waals surface area contributed by atoms with Crippen LogP contribution in [0.2, 0.25) is 5.02 Å². The molecule has 9 nitrogen and oxygen atoms in total. The smallest absolute Gasteiger partial charge is 0.340 e. The number of anilines is 1. The van der Waals surface area contributed by atoms with Gasteiger partial charge in [0.05, 0.1) is 32.6 Å². The highest BCUT2D eigenvalue weighted by Crippen LogP contribution is 2.24. The number of nitro benzene ring substituents is 1. The Kier molecular flexibility index (Phi) is 5.61. The highest BCUT2D eigenvalue weighted by atomic mass is 35.5. The summed E-state index contributed by atoms with van der Waals surface area (Å²) >= 11 is 5.90. The van der Waals surface area contributed by atoms with E-state index in [0.29, 0.717) is 11.4 Å². The van der Waals surface area contributed by atoms with Crippen molar-refractivity contribution in [1.82, 2.24) is 9.78 Å². The van der Waals surface area contributed by atoms with Crippen molar-refractivity contribution >= 4 is 34.9 Å². The SMILES string of the molecule is Cc1nn(C)c(C)c1NC(=O)[C@@H](C)OC(=O)c1cc([N+](=O)[O-])ccc1Cl. The van der Waals surface area contributed by atoms with Crippen molar-refractivity contribution in [3.05, 3.63) is 50.3 Å². The van der Waals surface area contributed by atoms with E-state index in [4.69, 9.17) is 16.3 Å². The zero-order valence-electron chi connectivity index (χ0n) is 14.6. The van der Waals surface area contributed by atoms with Crippen LogP contribution >= 0.6 is 11.6 Å². The first kappa shape index (κ1) is 19.4. The number of aromatic nitrogens is 2. The number of nitro groups is 1. The molecule has 0 aliphatic heterocycles. The lowest BCUT2D eigenvalue weighted by Crippen LogP contribution is -2.30. The Bertz CT molecular complexity index is 893. The third-order valence-corrected chi connectivity index (χ3v) is 4.12. The zero-order chi connectivity index (χ0) is 19.6. The van der Waals surface area contributed by atoms with Crippen LogP contribution in [0.3, 0.4) is 0 Å². The third-order valence-electron chi connectivity index (χ3n) is 3.79. The minimum atomic E-state index is -1.14. The number of halogens is 1. The molecular formula is C16H17ClN4O5. The van der Waals surface area contributed by atoms with E-state index in [0.717, 1.165) is 11.8 Å². The monoisotopic (exact) mass is 380 g/mol. The van der Waals surface area contributed by atoms with Crippen LogP contribution in [0.5, 0.6) is 0 Å². The van der Waals surface area contributed by atoms with Gasteiger partial charge in [-0.25, -0.2) is 4.79 Å². The molecule has 1 N–H and O–H groups in total. The average molecular weight is 381 g/mol. The average Bonchev–Trinajstić information content (AvgIpc) is 2.80. The van der Waals surface area contributed by atoms with Crippen LogP contribution in [0.4, 0.5) is 11.4 Å². The lowest BCUT2D eigenvalue weighted by atomic mass is 10.2. The van der Waals surface area contributed by atoms with Gasteiger partial charge in [0.2, 0.25) is 0 Å². The van der Waals surface area contributed by atoms with E-state index in [1.807, 2.05) is 0 Å². The first-order valence-electron chi connectivity index (χ1n) is 7.57. The van der Waals surface area contributed by atoms with Crippen LogP contribution in [0.15, 0.2) is 18.2 Å². The number of hydrogen-bond donors (Lipinski definition) is 1. The van der Waals surface area contributed by atoms with Gasteiger partial charge < -0.3 is 10.1 Å². The summed E-state index contributed by atoms with van der Waals surface area (Å²) < 4.78 is 6.70. The molecule has 1 heterocycles. The molecule has 0 bridgehead atoms. The Balaban J connectivity index is 2.12. The molecule has 2 rings (SSSR count). The van der Waals surface area contributed by atoms with Gasteiger partial charge in [-0.15, -0.1) is 0 Å². The highest BCUT2D eigenvalue weighted by molar-refractivity contribution is 6.33. The topological polar surface area (TPSA) is 116 Å². The molecule has 0 radical (unpaired) electrons. The Morgan fingerprint density at radius 1 is 1.38 bits per heavy atom. The summed E-state index contributed by atoms with van der Waals surface area (Å²) in [6, 6.07) is 3.40. The van der Waals surface area contributed by atoms with Crippen LogP contribution in [-0.4, -0.2) is 32.7 Å². The van der Waals surface area contributed by atoms with Gasteiger partial charge in [0.1, 0.15) is 0 Å². The fourth-order valence-electron chi connectivity index (χ4n) is 2.24. The molecule has 1 atom stereocenters. The Morgan fingerprint density at radius 3 is 2.58 bits per heavy atom. The van der Waals surface area contributed by atoms with E-state index in [9.17, 15) is 19.7 Å². The number of carbonyl (C=O) groups is 2. The van der Waals surface area contributed by atoms with Gasteiger partial charge >= 0.3 is 5.97 Å². The Hall–Kier alpha value is -2.94. The molecule has 1 aromatic carbocycles. The first-order chi connectivity index (χ1) is 12.1. The van der Waals surface area contributed by atoms with Gasteiger partial charge in [-0.2, -0.15) is 5.10 Å². The van der Waals surface area contributed by atoms with Crippen molar-refractivity contribution in [1.29, 1.82) is 0 Å². The molecule has 0 fully saturated rings. The van der Waals surface area contributed by atoms with Crippen LogP contribution in [-0.2, 0) is 16.6 Å². The fourth-order valence-corrected chi connectivity index (χ4v) is 2.43. The van der Waals surface area contributed by atoms with E-state index < -0.39 is 22.9 Å². The molecule has 0 aliphatic rings. The van der Waals surface area contributed by atoms with Crippen LogP contribution < -0.4 is 5.32 Å². The van der Waals surface area contributed by atoms with E-state index in [2.05, 4.69) is 10.4 Å². The maximum absolute atomic E-state index is 12.3. The van der Waals surface area contributed by atoms with E-state index >= 15 is 0 Å². The molecule has 1 aromatic heterocycles. The molecule has 10 heteroatoms. The maximum Gasteiger partial charge on any atom is 0.340 e. The summed E-state index contributed by atoms with van der Waals surface area (Å²) in [7, 11) is 1.74. The van der Waals surface area contributed by atoms with E-state index in [1.54, 1.807) is 25.6 Å². The quantitative estimate of drug-likeness (QED) is 0.484. The molecule has 2 aromatic rings. The number of ether oxygens (including phenoxy) is 1. The fraction of sp³-hybridized carbons (Fsp3) is 0.312. The standard InChI is InChI=1S/C16H17ClN4O5/c1-8-14(9(2)20(4)19-8)18-15(22)10(3)26-16(23)12-7-11(21(24)25)5-6-13(12)17/h5-7,10H,1-4H3,(H,18,22)/t10-/m1/s1.